The van der Waals surface area contributed by atoms with Crippen LogP contribution in [0.3, 0.4) is 0 Å². The molecule has 2 N–H and O–H groups in total. The van der Waals surface area contributed by atoms with E-state index in [0.29, 0.717) is 18.6 Å². The zero-order chi connectivity index (χ0) is 18.8. The average Bonchev–Trinajstić information content (AvgIpc) is 2.97. The predicted molar refractivity (Wildman–Crippen MR) is 109 cm³/mol. The molecule has 0 spiro atoms. The summed E-state index contributed by atoms with van der Waals surface area (Å²) < 4.78 is 0. The lowest BCUT2D eigenvalue weighted by Crippen LogP contribution is -2.17. The van der Waals surface area contributed by atoms with Crippen molar-refractivity contribution < 1.29 is 19.8 Å². The standard InChI is InChI=1S/C20H26O4S2/c21-17(13-15-5-2-1-3-6-15)9-7-16-8-10-18(22)20(16)26-12-4-11-25-14-19(23)24/h1-3,5-7,9,16-17,20-21H,4,8,10-14H2,(H,23,24)/t16-,17-,20+/m0/s1. The summed E-state index contributed by atoms with van der Waals surface area (Å²) in [6.07, 6.45) is 6.23. The van der Waals surface area contributed by atoms with Crippen LogP contribution in [0.4, 0.5) is 0 Å². The Morgan fingerprint density at radius 1 is 1.27 bits per heavy atom. The second-order valence-electron chi connectivity index (χ2n) is 6.40. The van der Waals surface area contributed by atoms with Gasteiger partial charge in [-0.25, -0.2) is 0 Å². The minimum atomic E-state index is -0.784. The van der Waals surface area contributed by atoms with Gasteiger partial charge in [-0.05, 0) is 35.8 Å². The van der Waals surface area contributed by atoms with E-state index in [-0.39, 0.29) is 16.9 Å². The molecular weight excluding hydrogens is 368 g/mol. The van der Waals surface area contributed by atoms with Gasteiger partial charge in [0.1, 0.15) is 5.78 Å². The van der Waals surface area contributed by atoms with Crippen LogP contribution < -0.4 is 0 Å². The normalized spacial score (nSPS) is 21.3. The first-order chi connectivity index (χ1) is 12.6. The molecule has 1 aliphatic carbocycles. The van der Waals surface area contributed by atoms with Crippen LogP contribution in [-0.4, -0.2) is 50.6 Å². The van der Waals surface area contributed by atoms with Gasteiger partial charge in [-0.3, -0.25) is 9.59 Å². The number of rotatable bonds is 11. The maximum Gasteiger partial charge on any atom is 0.313 e. The van der Waals surface area contributed by atoms with Crippen molar-refractivity contribution in [1.29, 1.82) is 0 Å². The molecular formula is C20H26O4S2. The molecule has 26 heavy (non-hydrogen) atoms. The van der Waals surface area contributed by atoms with Crippen molar-refractivity contribution in [3.8, 4) is 0 Å². The number of aliphatic hydroxyl groups is 1. The summed E-state index contributed by atoms with van der Waals surface area (Å²) in [7, 11) is 0. The van der Waals surface area contributed by atoms with Crippen molar-refractivity contribution in [2.45, 2.75) is 37.0 Å². The van der Waals surface area contributed by atoms with Gasteiger partial charge in [0.25, 0.3) is 0 Å². The number of carbonyl (C=O) groups is 2. The highest BCUT2D eigenvalue weighted by Crippen LogP contribution is 2.34. The number of carboxylic acid groups (broad SMARTS) is 1. The van der Waals surface area contributed by atoms with Crippen molar-refractivity contribution in [2.75, 3.05) is 17.3 Å². The van der Waals surface area contributed by atoms with E-state index in [1.165, 1.54) is 11.8 Å². The summed E-state index contributed by atoms with van der Waals surface area (Å²) >= 11 is 3.09. The average molecular weight is 395 g/mol. The van der Waals surface area contributed by atoms with Crippen LogP contribution in [0.2, 0.25) is 0 Å². The van der Waals surface area contributed by atoms with Gasteiger partial charge in [0.15, 0.2) is 0 Å². The number of benzene rings is 1. The molecule has 6 heteroatoms. The highest BCUT2D eigenvalue weighted by atomic mass is 32.2. The monoisotopic (exact) mass is 394 g/mol. The lowest BCUT2D eigenvalue weighted by atomic mass is 10.0. The van der Waals surface area contributed by atoms with E-state index in [2.05, 4.69) is 0 Å². The predicted octanol–water partition coefficient (Wildman–Crippen LogP) is 3.44. The molecule has 1 aromatic carbocycles. The van der Waals surface area contributed by atoms with E-state index in [1.54, 1.807) is 11.8 Å². The molecule has 0 aromatic heterocycles. The number of hydrogen-bond acceptors (Lipinski definition) is 5. The Labute approximate surface area is 163 Å². The number of ketones is 1. The summed E-state index contributed by atoms with van der Waals surface area (Å²) in [6, 6.07) is 9.87. The summed E-state index contributed by atoms with van der Waals surface area (Å²) in [5.41, 5.74) is 1.09. The van der Waals surface area contributed by atoms with Crippen LogP contribution in [0, 0.1) is 5.92 Å². The summed E-state index contributed by atoms with van der Waals surface area (Å²) in [5.74, 6) is 1.49. The first-order valence-electron chi connectivity index (χ1n) is 8.90. The number of aliphatic carboxylic acids is 1. The van der Waals surface area contributed by atoms with E-state index < -0.39 is 12.1 Å². The molecule has 1 fully saturated rings. The minimum Gasteiger partial charge on any atom is -0.481 e. The number of hydrogen-bond donors (Lipinski definition) is 2. The van der Waals surface area contributed by atoms with Gasteiger partial charge in [-0.15, -0.1) is 11.8 Å². The van der Waals surface area contributed by atoms with Gasteiger partial charge in [0.2, 0.25) is 0 Å². The fraction of sp³-hybridized carbons (Fsp3) is 0.500. The molecule has 0 heterocycles. The molecule has 1 saturated carbocycles. The third-order valence-electron chi connectivity index (χ3n) is 4.25. The van der Waals surface area contributed by atoms with E-state index >= 15 is 0 Å². The molecule has 1 aromatic rings. The molecule has 0 unspecified atom stereocenters. The second-order valence-corrected chi connectivity index (χ2v) is 8.76. The van der Waals surface area contributed by atoms with Crippen molar-refractivity contribution in [1.82, 2.24) is 0 Å². The number of thioether (sulfide) groups is 2. The number of carboxylic acids is 1. The van der Waals surface area contributed by atoms with Crippen LogP contribution in [0.25, 0.3) is 0 Å². The number of carbonyl (C=O) groups excluding carboxylic acids is 1. The fourth-order valence-electron chi connectivity index (χ4n) is 2.98. The molecule has 142 valence electrons. The quantitative estimate of drug-likeness (QED) is 0.442. The highest BCUT2D eigenvalue weighted by molar-refractivity contribution is 8.01. The van der Waals surface area contributed by atoms with E-state index in [9.17, 15) is 14.7 Å². The topological polar surface area (TPSA) is 74.6 Å². The van der Waals surface area contributed by atoms with E-state index in [0.717, 1.165) is 29.9 Å². The zero-order valence-corrected chi connectivity index (χ0v) is 16.4. The number of allylic oxidation sites excluding steroid dienone is 1. The zero-order valence-electron chi connectivity index (χ0n) is 14.8. The van der Waals surface area contributed by atoms with Crippen molar-refractivity contribution >= 4 is 35.3 Å². The molecule has 0 aliphatic heterocycles. The van der Waals surface area contributed by atoms with Gasteiger partial charge < -0.3 is 10.2 Å². The van der Waals surface area contributed by atoms with E-state index in [4.69, 9.17) is 5.11 Å². The molecule has 0 amide bonds. The van der Waals surface area contributed by atoms with Gasteiger partial charge in [0.05, 0.1) is 17.1 Å². The molecule has 4 nitrogen and oxygen atoms in total. The van der Waals surface area contributed by atoms with Crippen LogP contribution >= 0.6 is 23.5 Å². The van der Waals surface area contributed by atoms with Gasteiger partial charge >= 0.3 is 5.97 Å². The number of aliphatic hydroxyl groups excluding tert-OH is 1. The lowest BCUT2D eigenvalue weighted by molar-refractivity contribution is -0.133. The van der Waals surface area contributed by atoms with Crippen molar-refractivity contribution in [2.24, 2.45) is 5.92 Å². The lowest BCUT2D eigenvalue weighted by Gasteiger charge is -2.15. The van der Waals surface area contributed by atoms with E-state index in [1.807, 2.05) is 42.5 Å². The fourth-order valence-corrected chi connectivity index (χ4v) is 5.17. The molecule has 0 saturated heterocycles. The highest BCUT2D eigenvalue weighted by Gasteiger charge is 2.33. The maximum atomic E-state index is 12.1. The Bertz CT molecular complexity index is 603. The van der Waals surface area contributed by atoms with Crippen LogP contribution in [0.5, 0.6) is 0 Å². The minimum absolute atomic E-state index is 0.0281. The smallest absolute Gasteiger partial charge is 0.313 e. The maximum absolute atomic E-state index is 12.1. The van der Waals surface area contributed by atoms with Crippen molar-refractivity contribution in [3.05, 3.63) is 48.0 Å². The molecule has 0 radical (unpaired) electrons. The Morgan fingerprint density at radius 2 is 2.04 bits per heavy atom. The third-order valence-corrected chi connectivity index (χ3v) is 6.78. The van der Waals surface area contributed by atoms with Crippen LogP contribution in [0.1, 0.15) is 24.8 Å². The van der Waals surface area contributed by atoms with Crippen LogP contribution in [-0.2, 0) is 16.0 Å². The summed E-state index contributed by atoms with van der Waals surface area (Å²) in [4.78, 5) is 22.6. The van der Waals surface area contributed by atoms with Gasteiger partial charge in [0, 0.05) is 12.8 Å². The largest absolute Gasteiger partial charge is 0.481 e. The molecule has 2 rings (SSSR count). The Hall–Kier alpha value is -1.24. The molecule has 3 atom stereocenters. The van der Waals surface area contributed by atoms with Crippen LogP contribution in [0.15, 0.2) is 42.5 Å². The third kappa shape index (κ3) is 7.56. The Kier molecular flexibility index (Phi) is 9.29. The van der Waals surface area contributed by atoms with Gasteiger partial charge in [-0.2, -0.15) is 11.8 Å². The SMILES string of the molecule is O=C(O)CSCCCS[C@H]1C(=O)CC[C@@H]1C=C[C@H](O)Cc1ccccc1. The first-order valence-corrected chi connectivity index (χ1v) is 11.1. The number of Topliss-reactive ketones (excluding diaryl/α,β-unsaturated/α-hetero) is 1. The molecule has 1 aliphatic rings. The second kappa shape index (κ2) is 11.5. The Balaban J connectivity index is 1.74. The first kappa shape index (κ1) is 21.1. The summed E-state index contributed by atoms with van der Waals surface area (Å²) in [6.45, 7) is 0. The van der Waals surface area contributed by atoms with Gasteiger partial charge in [-0.1, -0.05) is 42.5 Å². The summed E-state index contributed by atoms with van der Waals surface area (Å²) in [5, 5.41) is 18.8. The Morgan fingerprint density at radius 3 is 2.77 bits per heavy atom. The van der Waals surface area contributed by atoms with Crippen molar-refractivity contribution in [3.63, 3.8) is 0 Å². The molecule has 0 bridgehead atoms.